The lowest BCUT2D eigenvalue weighted by Gasteiger charge is -2.31. The number of amides is 2. The molecule has 1 aromatic heterocycles. The summed E-state index contributed by atoms with van der Waals surface area (Å²) in [5.74, 6) is 0.940. The molecule has 0 unspecified atom stereocenters. The molecule has 0 bridgehead atoms. The van der Waals surface area contributed by atoms with E-state index in [1.807, 2.05) is 0 Å². The van der Waals surface area contributed by atoms with E-state index in [0.717, 1.165) is 12.1 Å². The molecule has 0 aromatic carbocycles. The van der Waals surface area contributed by atoms with Crippen LogP contribution in [0.4, 0.5) is 4.79 Å². The molecule has 27 heavy (non-hydrogen) atoms. The summed E-state index contributed by atoms with van der Waals surface area (Å²) >= 11 is 0. The zero-order chi connectivity index (χ0) is 19.6. The number of nitrogens with one attached hydrogen (secondary N) is 2. The summed E-state index contributed by atoms with van der Waals surface area (Å²) in [6.07, 6.45) is 10.5. The lowest BCUT2D eigenvalue weighted by Crippen LogP contribution is -2.50. The SMILES string of the molecule is CC(C)CN(C[C@@H](O)[C@@H](N)CC1CCCCC1)C(=O)NCCc1cnc[nH]1. The lowest BCUT2D eigenvalue weighted by molar-refractivity contribution is 0.0859. The summed E-state index contributed by atoms with van der Waals surface area (Å²) in [7, 11) is 0. The zero-order valence-corrected chi connectivity index (χ0v) is 16.9. The van der Waals surface area contributed by atoms with E-state index in [1.54, 1.807) is 17.4 Å². The standard InChI is InChI=1S/C20H37N5O2/c1-15(2)12-25(20(27)23-9-8-17-11-22-14-24-17)13-19(26)18(21)10-16-6-4-3-5-7-16/h11,14-16,18-19,26H,3-10,12-13,21H2,1-2H3,(H,22,24)(H,23,27)/t18-,19+/m0/s1. The van der Waals surface area contributed by atoms with Gasteiger partial charge in [-0.25, -0.2) is 9.78 Å². The first-order valence-electron chi connectivity index (χ1n) is 10.4. The number of aliphatic hydroxyl groups excluding tert-OH is 1. The Morgan fingerprint density at radius 1 is 1.37 bits per heavy atom. The van der Waals surface area contributed by atoms with Gasteiger partial charge < -0.3 is 26.0 Å². The molecule has 0 radical (unpaired) electrons. The van der Waals surface area contributed by atoms with E-state index in [4.69, 9.17) is 5.73 Å². The van der Waals surface area contributed by atoms with Crippen LogP contribution in [0.3, 0.4) is 0 Å². The summed E-state index contributed by atoms with van der Waals surface area (Å²) in [6.45, 7) is 5.54. The van der Waals surface area contributed by atoms with Gasteiger partial charge in [0.05, 0.1) is 12.4 Å². The minimum Gasteiger partial charge on any atom is -0.390 e. The van der Waals surface area contributed by atoms with Crippen LogP contribution in [-0.2, 0) is 6.42 Å². The minimum absolute atomic E-state index is 0.146. The van der Waals surface area contributed by atoms with Gasteiger partial charge in [0.15, 0.2) is 0 Å². The first-order chi connectivity index (χ1) is 13.0. The number of carbonyl (C=O) groups is 1. The minimum atomic E-state index is -0.691. The molecule has 5 N–H and O–H groups in total. The molecule has 7 heteroatoms. The Kier molecular flexibility index (Phi) is 9.07. The maximum atomic E-state index is 12.6. The van der Waals surface area contributed by atoms with Gasteiger partial charge in [-0.05, 0) is 18.3 Å². The van der Waals surface area contributed by atoms with Crippen molar-refractivity contribution in [3.8, 4) is 0 Å². The second-order valence-electron chi connectivity index (χ2n) is 8.33. The Labute approximate surface area is 163 Å². The van der Waals surface area contributed by atoms with E-state index in [-0.39, 0.29) is 18.6 Å². The van der Waals surface area contributed by atoms with E-state index >= 15 is 0 Å². The Bertz CT molecular complexity index is 528. The highest BCUT2D eigenvalue weighted by Gasteiger charge is 2.25. The fourth-order valence-electron chi connectivity index (χ4n) is 3.84. The number of hydrogen-bond donors (Lipinski definition) is 4. The van der Waals surface area contributed by atoms with Crippen molar-refractivity contribution in [1.29, 1.82) is 0 Å². The fourth-order valence-corrected chi connectivity index (χ4v) is 3.84. The summed E-state index contributed by atoms with van der Waals surface area (Å²) in [5.41, 5.74) is 7.26. The number of imidazole rings is 1. The first kappa shape index (κ1) is 21.7. The van der Waals surface area contributed by atoms with Crippen molar-refractivity contribution in [3.63, 3.8) is 0 Å². The molecule has 1 saturated carbocycles. The monoisotopic (exact) mass is 379 g/mol. The number of H-pyrrole nitrogens is 1. The molecule has 1 heterocycles. The van der Waals surface area contributed by atoms with Crippen LogP contribution in [0.15, 0.2) is 12.5 Å². The molecule has 7 nitrogen and oxygen atoms in total. The Morgan fingerprint density at radius 2 is 2.11 bits per heavy atom. The molecule has 154 valence electrons. The summed E-state index contributed by atoms with van der Waals surface area (Å²) in [6, 6.07) is -0.423. The molecule has 1 aliphatic rings. The normalized spacial score (nSPS) is 17.7. The van der Waals surface area contributed by atoms with Crippen LogP contribution < -0.4 is 11.1 Å². The van der Waals surface area contributed by atoms with E-state index < -0.39 is 6.10 Å². The van der Waals surface area contributed by atoms with Gasteiger partial charge in [-0.3, -0.25) is 0 Å². The summed E-state index contributed by atoms with van der Waals surface area (Å²) in [5, 5.41) is 13.5. The van der Waals surface area contributed by atoms with Crippen molar-refractivity contribution in [2.45, 2.75) is 70.9 Å². The van der Waals surface area contributed by atoms with Crippen molar-refractivity contribution in [3.05, 3.63) is 18.2 Å². The van der Waals surface area contributed by atoms with Crippen LogP contribution in [0.5, 0.6) is 0 Å². The highest BCUT2D eigenvalue weighted by molar-refractivity contribution is 5.74. The van der Waals surface area contributed by atoms with Gasteiger partial charge in [-0.1, -0.05) is 46.0 Å². The number of rotatable bonds is 10. The number of aliphatic hydroxyl groups is 1. The average Bonchev–Trinajstić information content (AvgIpc) is 3.15. The van der Waals surface area contributed by atoms with E-state index in [1.165, 1.54) is 32.1 Å². The van der Waals surface area contributed by atoms with Gasteiger partial charge in [-0.15, -0.1) is 0 Å². The number of nitrogens with zero attached hydrogens (tertiary/aromatic N) is 2. The van der Waals surface area contributed by atoms with Gasteiger partial charge in [0.2, 0.25) is 0 Å². The van der Waals surface area contributed by atoms with Gasteiger partial charge in [0.1, 0.15) is 0 Å². The number of carbonyl (C=O) groups excluding carboxylic acids is 1. The van der Waals surface area contributed by atoms with E-state index in [9.17, 15) is 9.90 Å². The average molecular weight is 380 g/mol. The van der Waals surface area contributed by atoms with Crippen molar-refractivity contribution in [2.24, 2.45) is 17.6 Å². The van der Waals surface area contributed by atoms with Crippen molar-refractivity contribution in [2.75, 3.05) is 19.6 Å². The molecule has 1 aliphatic carbocycles. The third-order valence-corrected chi connectivity index (χ3v) is 5.33. The topological polar surface area (TPSA) is 107 Å². The van der Waals surface area contributed by atoms with Crippen LogP contribution in [0, 0.1) is 11.8 Å². The Balaban J connectivity index is 1.80. The molecular weight excluding hydrogens is 342 g/mol. The van der Waals surface area contributed by atoms with E-state index in [0.29, 0.717) is 31.3 Å². The van der Waals surface area contributed by atoms with Gasteiger partial charge in [0, 0.05) is 44.0 Å². The van der Waals surface area contributed by atoms with Crippen LogP contribution in [0.25, 0.3) is 0 Å². The molecule has 0 aliphatic heterocycles. The molecule has 0 spiro atoms. The first-order valence-corrected chi connectivity index (χ1v) is 10.4. The smallest absolute Gasteiger partial charge is 0.317 e. The molecule has 1 fully saturated rings. The van der Waals surface area contributed by atoms with E-state index in [2.05, 4.69) is 29.1 Å². The molecule has 1 aromatic rings. The second kappa shape index (κ2) is 11.3. The second-order valence-corrected chi connectivity index (χ2v) is 8.33. The van der Waals surface area contributed by atoms with Gasteiger partial charge >= 0.3 is 6.03 Å². The van der Waals surface area contributed by atoms with Crippen LogP contribution in [0.1, 0.15) is 58.1 Å². The number of aromatic amines is 1. The Morgan fingerprint density at radius 3 is 2.74 bits per heavy atom. The third-order valence-electron chi connectivity index (χ3n) is 5.33. The maximum Gasteiger partial charge on any atom is 0.317 e. The van der Waals surface area contributed by atoms with Crippen molar-refractivity contribution in [1.82, 2.24) is 20.2 Å². The Hall–Kier alpha value is -1.60. The van der Waals surface area contributed by atoms with Crippen molar-refractivity contribution < 1.29 is 9.90 Å². The fraction of sp³-hybridized carbons (Fsp3) is 0.800. The van der Waals surface area contributed by atoms with Crippen LogP contribution in [0.2, 0.25) is 0 Å². The molecule has 2 rings (SSSR count). The largest absolute Gasteiger partial charge is 0.390 e. The number of nitrogens with two attached hydrogens (primary N) is 1. The number of urea groups is 1. The molecular formula is C20H37N5O2. The lowest BCUT2D eigenvalue weighted by atomic mass is 9.84. The van der Waals surface area contributed by atoms with Crippen LogP contribution >= 0.6 is 0 Å². The molecule has 2 atom stereocenters. The number of aromatic nitrogens is 2. The quantitative estimate of drug-likeness (QED) is 0.500. The predicted molar refractivity (Wildman–Crippen MR) is 107 cm³/mol. The highest BCUT2D eigenvalue weighted by atomic mass is 16.3. The molecule has 2 amide bonds. The summed E-state index contributed by atoms with van der Waals surface area (Å²) in [4.78, 5) is 21.3. The highest BCUT2D eigenvalue weighted by Crippen LogP contribution is 2.27. The summed E-state index contributed by atoms with van der Waals surface area (Å²) < 4.78 is 0. The third kappa shape index (κ3) is 7.89. The maximum absolute atomic E-state index is 12.6. The zero-order valence-electron chi connectivity index (χ0n) is 16.9. The van der Waals surface area contributed by atoms with Crippen LogP contribution in [-0.4, -0.2) is 57.8 Å². The molecule has 0 saturated heterocycles. The van der Waals surface area contributed by atoms with Gasteiger partial charge in [0.25, 0.3) is 0 Å². The predicted octanol–water partition coefficient (Wildman–Crippen LogP) is 2.28. The number of hydrogen-bond acceptors (Lipinski definition) is 4. The van der Waals surface area contributed by atoms with Crippen molar-refractivity contribution >= 4 is 6.03 Å². The van der Waals surface area contributed by atoms with Gasteiger partial charge in [-0.2, -0.15) is 0 Å².